The summed E-state index contributed by atoms with van der Waals surface area (Å²) in [7, 11) is 1.37. The summed E-state index contributed by atoms with van der Waals surface area (Å²) in [5.41, 5.74) is 6.39. The molecule has 0 unspecified atom stereocenters. The number of nitrogen functional groups attached to an aromatic ring is 1. The first kappa shape index (κ1) is 14.4. The molecule has 0 aliphatic heterocycles. The van der Waals surface area contributed by atoms with Crippen LogP contribution in [0.2, 0.25) is 5.02 Å². The van der Waals surface area contributed by atoms with Crippen LogP contribution in [-0.4, -0.2) is 23.5 Å². The zero-order valence-corrected chi connectivity index (χ0v) is 11.3. The highest BCUT2D eigenvalue weighted by molar-refractivity contribution is 6.32. The molecule has 0 saturated carbocycles. The fourth-order valence-electron chi connectivity index (χ4n) is 1.68. The van der Waals surface area contributed by atoms with Crippen LogP contribution in [0, 0.1) is 0 Å². The molecule has 0 atom stereocenters. The van der Waals surface area contributed by atoms with Gasteiger partial charge in [0.05, 0.1) is 19.9 Å². The molecule has 0 spiro atoms. The quantitative estimate of drug-likeness (QED) is 0.922. The van der Waals surface area contributed by atoms with E-state index in [2.05, 4.69) is 9.84 Å². The van der Waals surface area contributed by atoms with Gasteiger partial charge in [-0.25, -0.2) is 4.68 Å². The van der Waals surface area contributed by atoms with Crippen LogP contribution in [0.4, 0.5) is 14.6 Å². The van der Waals surface area contributed by atoms with Crippen molar-refractivity contribution >= 4 is 17.4 Å². The van der Waals surface area contributed by atoms with Crippen LogP contribution in [0.1, 0.15) is 5.56 Å². The van der Waals surface area contributed by atoms with Gasteiger partial charge in [0.15, 0.2) is 11.5 Å². The first-order valence-electron chi connectivity index (χ1n) is 5.59. The van der Waals surface area contributed by atoms with Crippen molar-refractivity contribution in [2.75, 3.05) is 12.8 Å². The number of alkyl halides is 2. The molecule has 8 heteroatoms. The van der Waals surface area contributed by atoms with Crippen LogP contribution in [0.3, 0.4) is 0 Å². The van der Waals surface area contributed by atoms with E-state index < -0.39 is 6.61 Å². The number of methoxy groups -OCH3 is 1. The summed E-state index contributed by atoms with van der Waals surface area (Å²) in [4.78, 5) is 0. The van der Waals surface area contributed by atoms with Crippen LogP contribution in [-0.2, 0) is 6.54 Å². The van der Waals surface area contributed by atoms with Crippen LogP contribution in [0.25, 0.3) is 0 Å². The van der Waals surface area contributed by atoms with E-state index in [-0.39, 0.29) is 18.0 Å². The Hall–Kier alpha value is -2.02. The Labute approximate surface area is 118 Å². The van der Waals surface area contributed by atoms with Gasteiger partial charge in [-0.2, -0.15) is 13.9 Å². The van der Waals surface area contributed by atoms with Crippen LogP contribution >= 0.6 is 11.6 Å². The lowest BCUT2D eigenvalue weighted by molar-refractivity contribution is -0.0512. The maximum Gasteiger partial charge on any atom is 0.387 e. The van der Waals surface area contributed by atoms with E-state index in [0.717, 1.165) is 0 Å². The summed E-state index contributed by atoms with van der Waals surface area (Å²) in [5.74, 6) is 0.483. The van der Waals surface area contributed by atoms with Crippen molar-refractivity contribution in [1.29, 1.82) is 0 Å². The molecule has 0 aliphatic carbocycles. The number of anilines is 1. The summed E-state index contributed by atoms with van der Waals surface area (Å²) in [6, 6.07) is 4.68. The minimum absolute atomic E-state index is 0.0446. The molecule has 0 radical (unpaired) electrons. The highest BCUT2D eigenvalue weighted by Crippen LogP contribution is 2.30. The predicted octanol–water partition coefficient (Wildman–Crippen LogP) is 2.78. The Morgan fingerprint density at radius 3 is 2.70 bits per heavy atom. The third-order valence-corrected chi connectivity index (χ3v) is 2.90. The zero-order chi connectivity index (χ0) is 14.7. The average molecular weight is 304 g/mol. The summed E-state index contributed by atoms with van der Waals surface area (Å²) >= 11 is 5.79. The van der Waals surface area contributed by atoms with Gasteiger partial charge in [-0.05, 0) is 17.7 Å². The minimum Gasteiger partial charge on any atom is -0.493 e. The van der Waals surface area contributed by atoms with Crippen molar-refractivity contribution < 1.29 is 18.3 Å². The molecule has 1 aromatic heterocycles. The molecule has 2 aromatic rings. The van der Waals surface area contributed by atoms with Gasteiger partial charge in [0.1, 0.15) is 10.8 Å². The number of ether oxygens (including phenoxy) is 2. The molecule has 2 rings (SSSR count). The van der Waals surface area contributed by atoms with Crippen molar-refractivity contribution in [1.82, 2.24) is 9.78 Å². The Morgan fingerprint density at radius 2 is 2.15 bits per heavy atom. The van der Waals surface area contributed by atoms with Gasteiger partial charge in [0.2, 0.25) is 0 Å². The summed E-state index contributed by atoms with van der Waals surface area (Å²) in [6.07, 6.45) is 1.41. The third-order valence-electron chi connectivity index (χ3n) is 2.61. The largest absolute Gasteiger partial charge is 0.493 e. The smallest absolute Gasteiger partial charge is 0.387 e. The molecular formula is C12H12ClF2N3O2. The number of aromatic nitrogens is 2. The SMILES string of the molecule is COc1ccc(Cn2ncc(Cl)c2N)cc1OC(F)F. The fourth-order valence-corrected chi connectivity index (χ4v) is 1.82. The van der Waals surface area contributed by atoms with E-state index in [1.165, 1.54) is 30.1 Å². The maximum absolute atomic E-state index is 12.3. The number of benzene rings is 1. The first-order valence-corrected chi connectivity index (χ1v) is 5.97. The van der Waals surface area contributed by atoms with Gasteiger partial charge < -0.3 is 15.2 Å². The zero-order valence-electron chi connectivity index (χ0n) is 10.5. The second-order valence-corrected chi connectivity index (χ2v) is 4.31. The van der Waals surface area contributed by atoms with Gasteiger partial charge >= 0.3 is 6.61 Å². The minimum atomic E-state index is -2.93. The molecule has 1 aromatic carbocycles. The lowest BCUT2D eigenvalue weighted by Crippen LogP contribution is -2.07. The van der Waals surface area contributed by atoms with E-state index in [9.17, 15) is 8.78 Å². The third kappa shape index (κ3) is 3.11. The number of nitrogens with zero attached hydrogens (tertiary/aromatic N) is 2. The number of rotatable bonds is 5. The van der Waals surface area contributed by atoms with Crippen molar-refractivity contribution in [3.8, 4) is 11.5 Å². The van der Waals surface area contributed by atoms with Crippen molar-refractivity contribution in [2.45, 2.75) is 13.2 Å². The average Bonchev–Trinajstić information content (AvgIpc) is 2.70. The second kappa shape index (κ2) is 5.96. The molecule has 2 N–H and O–H groups in total. The number of hydrogen-bond donors (Lipinski definition) is 1. The molecule has 0 bridgehead atoms. The molecule has 0 aliphatic rings. The van der Waals surface area contributed by atoms with Crippen molar-refractivity contribution in [3.63, 3.8) is 0 Å². The number of halogens is 3. The van der Waals surface area contributed by atoms with E-state index in [1.807, 2.05) is 0 Å². The van der Waals surface area contributed by atoms with E-state index in [4.69, 9.17) is 22.1 Å². The fraction of sp³-hybridized carbons (Fsp3) is 0.250. The molecule has 108 valence electrons. The van der Waals surface area contributed by atoms with Gasteiger partial charge in [-0.15, -0.1) is 0 Å². The van der Waals surface area contributed by atoms with Crippen LogP contribution in [0.15, 0.2) is 24.4 Å². The van der Waals surface area contributed by atoms with Gasteiger partial charge in [0.25, 0.3) is 0 Å². The Bertz CT molecular complexity index is 604. The van der Waals surface area contributed by atoms with E-state index >= 15 is 0 Å². The molecule has 0 fully saturated rings. The molecule has 5 nitrogen and oxygen atoms in total. The molecule has 0 amide bonds. The lowest BCUT2D eigenvalue weighted by atomic mass is 10.2. The van der Waals surface area contributed by atoms with Gasteiger partial charge in [-0.3, -0.25) is 0 Å². The highest BCUT2D eigenvalue weighted by atomic mass is 35.5. The van der Waals surface area contributed by atoms with E-state index in [0.29, 0.717) is 16.4 Å². The Kier molecular flexibility index (Phi) is 4.29. The molecule has 20 heavy (non-hydrogen) atoms. The van der Waals surface area contributed by atoms with Crippen LogP contribution < -0.4 is 15.2 Å². The first-order chi connectivity index (χ1) is 9.51. The monoisotopic (exact) mass is 303 g/mol. The Balaban J connectivity index is 2.26. The lowest BCUT2D eigenvalue weighted by Gasteiger charge is -2.12. The predicted molar refractivity (Wildman–Crippen MR) is 70.4 cm³/mol. The van der Waals surface area contributed by atoms with E-state index in [1.54, 1.807) is 6.07 Å². The highest BCUT2D eigenvalue weighted by Gasteiger charge is 2.12. The number of nitrogens with two attached hydrogens (primary N) is 1. The molecular weight excluding hydrogens is 292 g/mol. The molecule has 0 saturated heterocycles. The number of hydrogen-bond acceptors (Lipinski definition) is 4. The molecule has 1 heterocycles. The topological polar surface area (TPSA) is 62.3 Å². The van der Waals surface area contributed by atoms with Crippen molar-refractivity contribution in [3.05, 3.63) is 35.0 Å². The van der Waals surface area contributed by atoms with Crippen molar-refractivity contribution in [2.24, 2.45) is 0 Å². The summed E-state index contributed by atoms with van der Waals surface area (Å²) < 4.78 is 35.5. The summed E-state index contributed by atoms with van der Waals surface area (Å²) in [6.45, 7) is -2.65. The van der Waals surface area contributed by atoms with Crippen LogP contribution in [0.5, 0.6) is 11.5 Å². The standard InChI is InChI=1S/C12H12ClF2N3O2/c1-19-9-3-2-7(4-10(9)20-12(14)15)6-18-11(16)8(13)5-17-18/h2-5,12H,6,16H2,1H3. The Morgan fingerprint density at radius 1 is 1.40 bits per heavy atom. The normalized spacial score (nSPS) is 10.8. The summed E-state index contributed by atoms with van der Waals surface area (Å²) in [5, 5.41) is 4.32. The second-order valence-electron chi connectivity index (χ2n) is 3.90. The maximum atomic E-state index is 12.3. The van der Waals surface area contributed by atoms with Gasteiger partial charge in [0, 0.05) is 0 Å². The van der Waals surface area contributed by atoms with Gasteiger partial charge in [-0.1, -0.05) is 17.7 Å².